The molecule has 5 heteroatoms. The van der Waals surface area contributed by atoms with Crippen LogP contribution in [-0.4, -0.2) is 13.0 Å². The van der Waals surface area contributed by atoms with E-state index in [1.807, 2.05) is 31.2 Å². The van der Waals surface area contributed by atoms with Crippen molar-refractivity contribution < 1.29 is 64.4 Å². The summed E-state index contributed by atoms with van der Waals surface area (Å²) in [7, 11) is -4.39. The Labute approximate surface area is 143 Å². The maximum Gasteiger partial charge on any atom is 1.00 e. The van der Waals surface area contributed by atoms with Crippen molar-refractivity contribution in [3.8, 4) is 0 Å². The average molecular weight is 274 g/mol. The number of fused-ring (bicyclic) bond motifs is 1. The van der Waals surface area contributed by atoms with Gasteiger partial charge in [-0.15, -0.1) is 0 Å². The molecule has 0 aliphatic rings. The van der Waals surface area contributed by atoms with Gasteiger partial charge in [-0.25, -0.2) is 8.42 Å². The quantitative estimate of drug-likeness (QED) is 0.538. The molecule has 0 saturated carbocycles. The van der Waals surface area contributed by atoms with Crippen molar-refractivity contribution in [2.24, 2.45) is 0 Å². The van der Waals surface area contributed by atoms with Crippen LogP contribution < -0.4 is 51.4 Å². The molecule has 0 spiro atoms. The summed E-state index contributed by atoms with van der Waals surface area (Å²) in [5.74, 6) is 0. The third-order valence-corrected chi connectivity index (χ3v) is 3.54. The first-order chi connectivity index (χ1) is 7.54. The van der Waals surface area contributed by atoms with Crippen LogP contribution in [0.4, 0.5) is 0 Å². The molecule has 0 bridgehead atoms. The number of hydrogen-bond donors (Lipinski definition) is 0. The van der Waals surface area contributed by atoms with Crippen molar-refractivity contribution in [1.29, 1.82) is 0 Å². The SMILES string of the molecule is CCc1c(S(=O)(=O)[O-])ccc2ccccc12.[K+]. The molecule has 0 heterocycles. The van der Waals surface area contributed by atoms with Gasteiger partial charge in [0.15, 0.2) is 0 Å². The second-order valence-corrected chi connectivity index (χ2v) is 4.92. The molecule has 84 valence electrons. The zero-order valence-corrected chi connectivity index (χ0v) is 13.7. The smallest absolute Gasteiger partial charge is 0.744 e. The third kappa shape index (κ3) is 3.17. The Bertz CT molecular complexity index is 635. The van der Waals surface area contributed by atoms with Gasteiger partial charge in [-0.05, 0) is 28.8 Å². The van der Waals surface area contributed by atoms with E-state index >= 15 is 0 Å². The van der Waals surface area contributed by atoms with Gasteiger partial charge in [0.1, 0.15) is 10.1 Å². The molecular formula is C12H11KO3S. The van der Waals surface area contributed by atoms with Gasteiger partial charge >= 0.3 is 51.4 Å². The Morgan fingerprint density at radius 1 is 1.12 bits per heavy atom. The van der Waals surface area contributed by atoms with Crippen molar-refractivity contribution in [1.82, 2.24) is 0 Å². The van der Waals surface area contributed by atoms with E-state index in [9.17, 15) is 13.0 Å². The average Bonchev–Trinajstić information content (AvgIpc) is 2.26. The first-order valence-electron chi connectivity index (χ1n) is 5.00. The van der Waals surface area contributed by atoms with Gasteiger partial charge in [-0.2, -0.15) is 0 Å². The summed E-state index contributed by atoms with van der Waals surface area (Å²) in [6, 6.07) is 10.5. The summed E-state index contributed by atoms with van der Waals surface area (Å²) in [6.07, 6.45) is 0.526. The summed E-state index contributed by atoms with van der Waals surface area (Å²) in [4.78, 5) is -0.103. The molecule has 0 aliphatic carbocycles. The van der Waals surface area contributed by atoms with Gasteiger partial charge < -0.3 is 4.55 Å². The summed E-state index contributed by atoms with van der Waals surface area (Å²) < 4.78 is 33.3. The van der Waals surface area contributed by atoms with Crippen LogP contribution in [0.3, 0.4) is 0 Å². The largest absolute Gasteiger partial charge is 1.00 e. The second kappa shape index (κ2) is 5.93. The van der Waals surface area contributed by atoms with E-state index in [1.54, 1.807) is 6.07 Å². The van der Waals surface area contributed by atoms with Gasteiger partial charge in [0.05, 0.1) is 4.90 Å². The van der Waals surface area contributed by atoms with E-state index < -0.39 is 10.1 Å². The fraction of sp³-hybridized carbons (Fsp3) is 0.167. The third-order valence-electron chi connectivity index (χ3n) is 2.62. The Kier molecular flexibility index (Phi) is 5.33. The number of benzene rings is 2. The van der Waals surface area contributed by atoms with Crippen LogP contribution in [0.25, 0.3) is 10.8 Å². The molecule has 2 rings (SSSR count). The van der Waals surface area contributed by atoms with Crippen molar-refractivity contribution in [2.75, 3.05) is 0 Å². The molecule has 2 aromatic rings. The van der Waals surface area contributed by atoms with E-state index in [2.05, 4.69) is 0 Å². The normalized spacial score (nSPS) is 11.2. The molecule has 0 amide bonds. The molecule has 0 aromatic heterocycles. The van der Waals surface area contributed by atoms with E-state index in [0.29, 0.717) is 12.0 Å². The number of rotatable bonds is 2. The van der Waals surface area contributed by atoms with Crippen LogP contribution in [0.2, 0.25) is 0 Å². The first-order valence-corrected chi connectivity index (χ1v) is 6.41. The fourth-order valence-electron chi connectivity index (χ4n) is 1.91. The van der Waals surface area contributed by atoms with Gasteiger partial charge in [0, 0.05) is 0 Å². The maximum absolute atomic E-state index is 11.1. The van der Waals surface area contributed by atoms with Crippen LogP contribution in [-0.2, 0) is 16.5 Å². The van der Waals surface area contributed by atoms with E-state index in [0.717, 1.165) is 10.8 Å². The molecule has 17 heavy (non-hydrogen) atoms. The number of aryl methyl sites for hydroxylation is 1. The topological polar surface area (TPSA) is 57.2 Å². The molecule has 0 saturated heterocycles. The summed E-state index contributed by atoms with van der Waals surface area (Å²) in [6.45, 7) is 1.84. The van der Waals surface area contributed by atoms with Crippen LogP contribution in [0.1, 0.15) is 12.5 Å². The predicted octanol–water partition coefficient (Wildman–Crippen LogP) is -0.690. The molecule has 3 nitrogen and oxygen atoms in total. The van der Waals surface area contributed by atoms with Crippen molar-refractivity contribution in [3.05, 3.63) is 42.0 Å². The van der Waals surface area contributed by atoms with Crippen LogP contribution >= 0.6 is 0 Å². The van der Waals surface area contributed by atoms with Gasteiger partial charge in [-0.1, -0.05) is 37.3 Å². The summed E-state index contributed by atoms with van der Waals surface area (Å²) in [5, 5.41) is 1.79. The van der Waals surface area contributed by atoms with E-state index in [-0.39, 0.29) is 56.3 Å². The first kappa shape index (κ1) is 15.3. The summed E-state index contributed by atoms with van der Waals surface area (Å²) >= 11 is 0. The molecule has 0 unspecified atom stereocenters. The Morgan fingerprint density at radius 3 is 2.35 bits per heavy atom. The Hall–Kier alpha value is 0.246. The van der Waals surface area contributed by atoms with E-state index in [4.69, 9.17) is 0 Å². The fourth-order valence-corrected chi connectivity index (χ4v) is 2.71. The Morgan fingerprint density at radius 2 is 1.76 bits per heavy atom. The Balaban J connectivity index is 0.00000144. The van der Waals surface area contributed by atoms with Crippen molar-refractivity contribution in [3.63, 3.8) is 0 Å². The molecular weight excluding hydrogens is 263 g/mol. The number of hydrogen-bond acceptors (Lipinski definition) is 3. The van der Waals surface area contributed by atoms with Gasteiger partial charge in [0.2, 0.25) is 0 Å². The van der Waals surface area contributed by atoms with E-state index in [1.165, 1.54) is 6.07 Å². The second-order valence-electron chi connectivity index (χ2n) is 3.57. The molecule has 0 aliphatic heterocycles. The van der Waals surface area contributed by atoms with Crippen LogP contribution in [0, 0.1) is 0 Å². The molecule has 0 radical (unpaired) electrons. The van der Waals surface area contributed by atoms with Crippen molar-refractivity contribution in [2.45, 2.75) is 18.2 Å². The standard InChI is InChI=1S/C12H12O3S.K/c1-2-10-11-6-4-3-5-9(11)7-8-12(10)16(13,14)15;/h3-8H,2H2,1H3,(H,13,14,15);/q;+1/p-1. The van der Waals surface area contributed by atoms with Crippen LogP contribution in [0.5, 0.6) is 0 Å². The summed E-state index contributed by atoms with van der Waals surface area (Å²) in [5.41, 5.74) is 0.605. The van der Waals surface area contributed by atoms with Gasteiger partial charge in [0.25, 0.3) is 0 Å². The zero-order valence-electron chi connectivity index (χ0n) is 9.80. The minimum absolute atomic E-state index is 0. The predicted molar refractivity (Wildman–Crippen MR) is 61.3 cm³/mol. The molecule has 0 atom stereocenters. The minimum Gasteiger partial charge on any atom is -0.744 e. The minimum atomic E-state index is -4.39. The molecule has 0 N–H and O–H groups in total. The zero-order chi connectivity index (χ0) is 11.8. The van der Waals surface area contributed by atoms with Gasteiger partial charge in [-0.3, -0.25) is 0 Å². The molecule has 2 aromatic carbocycles. The molecule has 0 fully saturated rings. The maximum atomic E-state index is 11.1. The van der Waals surface area contributed by atoms with Crippen molar-refractivity contribution >= 4 is 20.9 Å². The monoisotopic (exact) mass is 274 g/mol. The van der Waals surface area contributed by atoms with Crippen LogP contribution in [0.15, 0.2) is 41.3 Å².